The van der Waals surface area contributed by atoms with Crippen molar-refractivity contribution in [2.24, 2.45) is 0 Å². The van der Waals surface area contributed by atoms with Crippen molar-refractivity contribution in [3.8, 4) is 44.5 Å². The van der Waals surface area contributed by atoms with E-state index in [0.717, 1.165) is 43.8 Å². The van der Waals surface area contributed by atoms with E-state index in [1.54, 1.807) is 60.7 Å². The second-order valence-corrected chi connectivity index (χ2v) is 19.2. The maximum atomic E-state index is 14.8. The quantitative estimate of drug-likeness (QED) is 0.120. The second-order valence-electron chi connectivity index (χ2n) is 19.2. The minimum absolute atomic E-state index is 0. The van der Waals surface area contributed by atoms with Gasteiger partial charge in [-0.25, -0.2) is 0 Å². The standard InChI is InChI=1S/C60H36F12N.2FH/c61-57(62,63)41-21-39(22-42(27-41)58(64,65)66)49-25-35-11-3-7-15-47(35)55-51(49)31-73(29-37-19-17-33-9-1-5-13-45(33)53(37)54-38(30-73)20-18-34-10-2-6-14-46(34)54)32-52-50(26-36-12-4-8-16-48(36)56(52)55)40-23-43(59(67,68)69)28-44(24-40)60(70,71)72;;/h1-28H,29-32H2;2*1H/q+1;;/p-1. The third-order valence-corrected chi connectivity index (χ3v) is 14.6. The summed E-state index contributed by atoms with van der Waals surface area (Å²) in [4.78, 5) is 0. The van der Waals surface area contributed by atoms with E-state index in [1.807, 2.05) is 72.8 Å². The molecule has 1 spiro atoms. The lowest BCUT2D eigenvalue weighted by molar-refractivity contribution is -0.977. The molecule has 380 valence electrons. The third kappa shape index (κ3) is 8.60. The van der Waals surface area contributed by atoms with E-state index < -0.39 is 47.0 Å². The summed E-state index contributed by atoms with van der Waals surface area (Å²) in [5.74, 6) is 0. The second kappa shape index (κ2) is 17.7. The number of quaternary nitrogens is 1. The molecule has 2 aliphatic rings. The summed E-state index contributed by atoms with van der Waals surface area (Å²) < 4.78 is 178. The van der Waals surface area contributed by atoms with Gasteiger partial charge in [-0.05, 0) is 125 Å². The lowest BCUT2D eigenvalue weighted by atomic mass is 9.81. The van der Waals surface area contributed by atoms with Crippen LogP contribution >= 0.6 is 0 Å². The van der Waals surface area contributed by atoms with Gasteiger partial charge in [0.2, 0.25) is 0 Å². The van der Waals surface area contributed by atoms with Crippen molar-refractivity contribution >= 4 is 43.1 Å². The maximum Gasteiger partial charge on any atom is 0.416 e. The molecule has 1 nitrogen and oxygen atoms in total. The van der Waals surface area contributed by atoms with Gasteiger partial charge in [0.05, 0.1) is 22.3 Å². The summed E-state index contributed by atoms with van der Waals surface area (Å²) in [5.41, 5.74) is -1.72. The number of hydrogen-bond donors (Lipinski definition) is 0. The molecule has 2 aliphatic heterocycles. The van der Waals surface area contributed by atoms with Gasteiger partial charge < -0.3 is 9.19 Å². The summed E-state index contributed by atoms with van der Waals surface area (Å²) in [6.07, 6.45) is -20.8. The van der Waals surface area contributed by atoms with Crippen molar-refractivity contribution in [1.82, 2.24) is 0 Å². The maximum absolute atomic E-state index is 14.8. The van der Waals surface area contributed by atoms with Gasteiger partial charge >= 0.3 is 24.7 Å². The van der Waals surface area contributed by atoms with Gasteiger partial charge in [-0.15, -0.1) is 0 Å². The molecule has 0 atom stereocenters. The Morgan fingerprint density at radius 1 is 0.307 bits per heavy atom. The molecule has 75 heavy (non-hydrogen) atoms. The largest absolute Gasteiger partial charge is 1.00 e. The first-order chi connectivity index (χ1) is 34.6. The number of benzene rings is 10. The summed E-state index contributed by atoms with van der Waals surface area (Å²) in [6.45, 7) is 0.246. The molecule has 10 aromatic carbocycles. The average molecular weight is 1040 g/mol. The predicted octanol–water partition coefficient (Wildman–Crippen LogP) is 15.7. The Morgan fingerprint density at radius 3 is 0.920 bits per heavy atom. The molecule has 0 unspecified atom stereocenters. The Bertz CT molecular complexity index is 3620. The van der Waals surface area contributed by atoms with Gasteiger partial charge in [-0.3, -0.25) is 4.70 Å². The molecule has 2 heterocycles. The molecule has 0 aromatic heterocycles. The Kier molecular flexibility index (Phi) is 12.0. The number of alkyl halides is 12. The van der Waals surface area contributed by atoms with Crippen molar-refractivity contribution in [3.63, 3.8) is 0 Å². The molecule has 15 heteroatoms. The summed E-state index contributed by atoms with van der Waals surface area (Å²) in [7, 11) is 0. The van der Waals surface area contributed by atoms with E-state index in [9.17, 15) is 52.7 Å². The summed E-state index contributed by atoms with van der Waals surface area (Å²) in [5, 5.41) is 5.60. The Morgan fingerprint density at radius 2 is 0.600 bits per heavy atom. The molecular formula is C60H37F14N. The number of nitrogens with zero attached hydrogens (tertiary/aromatic N) is 1. The highest BCUT2D eigenvalue weighted by molar-refractivity contribution is 6.12. The molecule has 0 saturated carbocycles. The van der Waals surface area contributed by atoms with Crippen LogP contribution in [0.25, 0.3) is 87.6 Å². The van der Waals surface area contributed by atoms with Crippen molar-refractivity contribution in [2.45, 2.75) is 50.9 Å². The normalized spacial score (nSPS) is 14.3. The van der Waals surface area contributed by atoms with Crippen LogP contribution < -0.4 is 4.70 Å². The zero-order chi connectivity index (χ0) is 51.0. The molecule has 0 amide bonds. The van der Waals surface area contributed by atoms with Gasteiger partial charge in [0.1, 0.15) is 26.2 Å². The lowest BCUT2D eigenvalue weighted by Crippen LogP contribution is -3.00. The topological polar surface area (TPSA) is 0 Å². The number of fused-ring (bicyclic) bond motifs is 14. The van der Waals surface area contributed by atoms with Crippen molar-refractivity contribution in [2.75, 3.05) is 0 Å². The highest BCUT2D eigenvalue weighted by Crippen LogP contribution is 2.54. The van der Waals surface area contributed by atoms with Gasteiger partial charge in [-0.1, -0.05) is 121 Å². The SMILES string of the molecule is F.FC(F)(F)c1cc(-c2cc3ccccc3c3c2C[N+]2(Cc4ccc5ccccc5c4-c4c(ccc5ccccc45)C2)Cc2c(-c4cc(C(F)(F)F)cc(C(F)(F)F)c4)cc4ccccc4c2-3)cc(C(F)(F)F)c1.[F-]. The number of rotatable bonds is 2. The van der Waals surface area contributed by atoms with Crippen LogP contribution in [-0.2, 0) is 50.9 Å². The van der Waals surface area contributed by atoms with E-state index in [-0.39, 0.29) is 74.5 Å². The van der Waals surface area contributed by atoms with E-state index >= 15 is 0 Å². The molecule has 0 aliphatic carbocycles. The van der Waals surface area contributed by atoms with Crippen LogP contribution in [0.2, 0.25) is 0 Å². The summed E-state index contributed by atoms with van der Waals surface area (Å²) >= 11 is 0. The van der Waals surface area contributed by atoms with Gasteiger partial charge in [-0.2, -0.15) is 52.7 Å². The van der Waals surface area contributed by atoms with Crippen LogP contribution in [0.3, 0.4) is 0 Å². The van der Waals surface area contributed by atoms with Crippen LogP contribution in [0.4, 0.5) is 57.4 Å². The number of halogens is 14. The molecule has 0 bridgehead atoms. The fourth-order valence-corrected chi connectivity index (χ4v) is 11.6. The lowest BCUT2D eigenvalue weighted by Gasteiger charge is -2.39. The zero-order valence-electron chi connectivity index (χ0n) is 38.8. The molecule has 0 fully saturated rings. The van der Waals surface area contributed by atoms with Crippen molar-refractivity contribution < 1.29 is 66.6 Å². The molecule has 12 rings (SSSR count). The molecule has 10 aromatic rings. The highest BCUT2D eigenvalue weighted by Gasteiger charge is 2.44. The van der Waals surface area contributed by atoms with Gasteiger partial charge in [0.25, 0.3) is 0 Å². The molecule has 0 saturated heterocycles. The third-order valence-electron chi connectivity index (χ3n) is 14.6. The monoisotopic (exact) mass is 1040 g/mol. The van der Waals surface area contributed by atoms with Crippen LogP contribution in [0, 0.1) is 0 Å². The summed E-state index contributed by atoms with van der Waals surface area (Å²) in [6, 6.07) is 43.4. The predicted molar refractivity (Wildman–Crippen MR) is 262 cm³/mol. The van der Waals surface area contributed by atoms with Crippen molar-refractivity contribution in [3.05, 3.63) is 214 Å². The van der Waals surface area contributed by atoms with E-state index in [1.165, 1.54) is 0 Å². The van der Waals surface area contributed by atoms with Gasteiger partial charge in [0, 0.05) is 33.4 Å². The van der Waals surface area contributed by atoms with Crippen LogP contribution in [0.15, 0.2) is 170 Å². The Balaban J connectivity index is 0.00000321. The smallest absolute Gasteiger partial charge is 0.416 e. The fourth-order valence-electron chi connectivity index (χ4n) is 11.6. The van der Waals surface area contributed by atoms with Crippen LogP contribution in [0.1, 0.15) is 44.5 Å². The molecular weight excluding hydrogens is 1000 g/mol. The van der Waals surface area contributed by atoms with Crippen molar-refractivity contribution in [1.29, 1.82) is 0 Å². The Labute approximate surface area is 418 Å². The molecule has 0 radical (unpaired) electrons. The van der Waals surface area contributed by atoms with Crippen LogP contribution in [-0.4, -0.2) is 4.48 Å². The highest BCUT2D eigenvalue weighted by atomic mass is 19.4. The average Bonchev–Trinajstić information content (AvgIpc) is 3.63. The van der Waals surface area contributed by atoms with Crippen LogP contribution in [0.5, 0.6) is 0 Å². The van der Waals surface area contributed by atoms with E-state index in [4.69, 9.17) is 0 Å². The minimum Gasteiger partial charge on any atom is -1.00 e. The first-order valence-electron chi connectivity index (χ1n) is 23.2. The fraction of sp³-hybridized carbons (Fsp3) is 0.133. The first kappa shape index (κ1) is 50.7. The first-order valence-corrected chi connectivity index (χ1v) is 23.2. The Hall–Kier alpha value is -7.78. The van der Waals surface area contributed by atoms with E-state index in [2.05, 4.69) is 0 Å². The zero-order valence-corrected chi connectivity index (χ0v) is 38.8. The molecule has 0 N–H and O–H groups in total. The van der Waals surface area contributed by atoms with E-state index in [0.29, 0.717) is 68.1 Å². The minimum atomic E-state index is -5.20. The number of hydrogen-bond acceptors (Lipinski definition) is 0. The van der Waals surface area contributed by atoms with Gasteiger partial charge in [0.15, 0.2) is 0 Å².